The lowest BCUT2D eigenvalue weighted by molar-refractivity contribution is 0.0991. The van der Waals surface area contributed by atoms with E-state index in [9.17, 15) is 4.79 Å². The number of allylic oxidation sites excluding steroid dienone is 3. The Morgan fingerprint density at radius 1 is 1.40 bits per heavy atom. The second kappa shape index (κ2) is 3.74. The minimum absolute atomic E-state index is 0.0571. The summed E-state index contributed by atoms with van der Waals surface area (Å²) in [6.07, 6.45) is 6.95. The van der Waals surface area contributed by atoms with E-state index in [1.165, 1.54) is 0 Å². The van der Waals surface area contributed by atoms with Crippen LogP contribution in [-0.2, 0) is 0 Å². The molecular formula is C8H8N6O. The maximum Gasteiger partial charge on any atom is 0.288 e. The SMILES string of the molecule is NC(=O)c1n[nH]c(C2=NNC=CC=C2)n1. The first kappa shape index (κ1) is 9.13. The number of aromatic amines is 1. The lowest BCUT2D eigenvalue weighted by atomic mass is 10.3. The lowest BCUT2D eigenvalue weighted by Crippen LogP contribution is -2.13. The zero-order chi connectivity index (χ0) is 10.7. The van der Waals surface area contributed by atoms with Crippen molar-refractivity contribution in [2.24, 2.45) is 10.8 Å². The molecule has 7 heteroatoms. The number of carbonyl (C=O) groups is 1. The van der Waals surface area contributed by atoms with Gasteiger partial charge in [0.15, 0.2) is 5.82 Å². The molecule has 0 saturated heterocycles. The monoisotopic (exact) mass is 204 g/mol. The highest BCUT2D eigenvalue weighted by Gasteiger charge is 2.11. The van der Waals surface area contributed by atoms with Crippen molar-refractivity contribution in [1.82, 2.24) is 20.6 Å². The summed E-state index contributed by atoms with van der Waals surface area (Å²) in [6.45, 7) is 0. The molecule has 1 aromatic heterocycles. The van der Waals surface area contributed by atoms with Gasteiger partial charge < -0.3 is 5.73 Å². The number of hydrogen-bond donors (Lipinski definition) is 3. The summed E-state index contributed by atoms with van der Waals surface area (Å²) in [4.78, 5) is 14.6. The molecule has 1 aromatic rings. The van der Waals surface area contributed by atoms with Gasteiger partial charge in [0.05, 0.1) is 0 Å². The molecule has 0 atom stereocenters. The normalized spacial score (nSPS) is 14.3. The Labute approximate surface area is 84.8 Å². The summed E-state index contributed by atoms with van der Waals surface area (Å²) < 4.78 is 0. The maximum atomic E-state index is 10.8. The minimum Gasteiger partial charge on any atom is -0.363 e. The van der Waals surface area contributed by atoms with Crippen molar-refractivity contribution in [3.63, 3.8) is 0 Å². The van der Waals surface area contributed by atoms with Crippen molar-refractivity contribution in [2.75, 3.05) is 0 Å². The van der Waals surface area contributed by atoms with Gasteiger partial charge in [-0.1, -0.05) is 6.08 Å². The highest BCUT2D eigenvalue weighted by Crippen LogP contribution is 1.98. The fraction of sp³-hybridized carbons (Fsp3) is 0. The smallest absolute Gasteiger partial charge is 0.288 e. The van der Waals surface area contributed by atoms with Crippen LogP contribution in [0.25, 0.3) is 0 Å². The number of carbonyl (C=O) groups excluding carboxylic acids is 1. The molecule has 7 nitrogen and oxygen atoms in total. The highest BCUT2D eigenvalue weighted by atomic mass is 16.1. The van der Waals surface area contributed by atoms with Gasteiger partial charge >= 0.3 is 0 Å². The molecule has 0 unspecified atom stereocenters. The van der Waals surface area contributed by atoms with E-state index < -0.39 is 5.91 Å². The summed E-state index contributed by atoms with van der Waals surface area (Å²) in [5.74, 6) is -0.351. The molecule has 0 aliphatic carbocycles. The number of nitrogens with zero attached hydrogens (tertiary/aromatic N) is 3. The average Bonchev–Trinajstić information content (AvgIpc) is 2.55. The fourth-order valence-electron chi connectivity index (χ4n) is 1.01. The molecule has 0 bridgehead atoms. The van der Waals surface area contributed by atoms with E-state index in [1.807, 2.05) is 0 Å². The summed E-state index contributed by atoms with van der Waals surface area (Å²) in [5.41, 5.74) is 8.23. The Morgan fingerprint density at radius 2 is 2.27 bits per heavy atom. The zero-order valence-electron chi connectivity index (χ0n) is 7.64. The molecule has 2 heterocycles. The van der Waals surface area contributed by atoms with Crippen molar-refractivity contribution in [3.8, 4) is 0 Å². The summed E-state index contributed by atoms with van der Waals surface area (Å²) in [6, 6.07) is 0. The first-order chi connectivity index (χ1) is 7.27. The topological polar surface area (TPSA) is 109 Å². The number of primary amides is 1. The van der Waals surface area contributed by atoms with Gasteiger partial charge in [-0.2, -0.15) is 5.10 Å². The number of rotatable bonds is 2. The second-order valence-corrected chi connectivity index (χ2v) is 2.72. The Kier molecular flexibility index (Phi) is 2.28. The zero-order valence-corrected chi connectivity index (χ0v) is 7.64. The number of amides is 1. The molecule has 1 aliphatic heterocycles. The van der Waals surface area contributed by atoms with Crippen molar-refractivity contribution in [3.05, 3.63) is 36.1 Å². The standard InChI is InChI=1S/C8H8N6O/c9-6(15)8-11-7(13-14-8)5-3-1-2-4-10-12-5/h1-4,10H,(H2,9,15)(H,11,13,14). The predicted octanol–water partition coefficient (Wildman–Crippen LogP) is -0.719. The average molecular weight is 204 g/mol. The Bertz CT molecular complexity index is 469. The van der Waals surface area contributed by atoms with Crippen LogP contribution >= 0.6 is 0 Å². The number of hydrazone groups is 1. The summed E-state index contributed by atoms with van der Waals surface area (Å²) in [7, 11) is 0. The van der Waals surface area contributed by atoms with Crippen LogP contribution in [0.4, 0.5) is 0 Å². The number of aromatic nitrogens is 3. The summed E-state index contributed by atoms with van der Waals surface area (Å²) in [5, 5.41) is 10.2. The van der Waals surface area contributed by atoms with Crippen molar-refractivity contribution in [2.45, 2.75) is 0 Å². The lowest BCUT2D eigenvalue weighted by Gasteiger charge is -1.93. The van der Waals surface area contributed by atoms with Crippen LogP contribution < -0.4 is 11.2 Å². The number of nitrogens with one attached hydrogen (secondary N) is 2. The van der Waals surface area contributed by atoms with Crippen LogP contribution in [0.15, 0.2) is 29.5 Å². The van der Waals surface area contributed by atoms with Crippen LogP contribution in [0.3, 0.4) is 0 Å². The van der Waals surface area contributed by atoms with E-state index in [-0.39, 0.29) is 5.82 Å². The van der Waals surface area contributed by atoms with Gasteiger partial charge in [0.1, 0.15) is 5.71 Å². The van der Waals surface area contributed by atoms with E-state index in [0.717, 1.165) is 0 Å². The molecule has 4 N–H and O–H groups in total. The molecular weight excluding hydrogens is 196 g/mol. The Morgan fingerprint density at radius 3 is 3.00 bits per heavy atom. The third-order valence-corrected chi connectivity index (χ3v) is 1.67. The molecule has 0 aromatic carbocycles. The first-order valence-electron chi connectivity index (χ1n) is 4.16. The van der Waals surface area contributed by atoms with Crippen LogP contribution in [0, 0.1) is 0 Å². The van der Waals surface area contributed by atoms with Gasteiger partial charge in [0, 0.05) is 6.20 Å². The van der Waals surface area contributed by atoms with Crippen LogP contribution in [0.1, 0.15) is 16.4 Å². The van der Waals surface area contributed by atoms with E-state index in [2.05, 4.69) is 25.7 Å². The van der Waals surface area contributed by atoms with Gasteiger partial charge in [0.2, 0.25) is 5.82 Å². The molecule has 76 valence electrons. The highest BCUT2D eigenvalue weighted by molar-refractivity contribution is 6.06. The van der Waals surface area contributed by atoms with Crippen LogP contribution in [0.2, 0.25) is 0 Å². The molecule has 1 amide bonds. The van der Waals surface area contributed by atoms with E-state index >= 15 is 0 Å². The van der Waals surface area contributed by atoms with E-state index in [0.29, 0.717) is 11.5 Å². The molecule has 15 heavy (non-hydrogen) atoms. The molecule has 0 fully saturated rings. The van der Waals surface area contributed by atoms with Gasteiger partial charge in [-0.05, 0) is 12.2 Å². The van der Waals surface area contributed by atoms with Gasteiger partial charge in [0.25, 0.3) is 5.91 Å². The molecule has 2 rings (SSSR count). The minimum atomic E-state index is -0.679. The van der Waals surface area contributed by atoms with Crippen molar-refractivity contribution < 1.29 is 4.79 Å². The molecule has 0 saturated carbocycles. The van der Waals surface area contributed by atoms with Crippen molar-refractivity contribution >= 4 is 11.6 Å². The van der Waals surface area contributed by atoms with E-state index in [1.54, 1.807) is 24.4 Å². The van der Waals surface area contributed by atoms with Crippen LogP contribution in [-0.4, -0.2) is 26.8 Å². The third kappa shape index (κ3) is 1.90. The van der Waals surface area contributed by atoms with Crippen molar-refractivity contribution in [1.29, 1.82) is 0 Å². The van der Waals surface area contributed by atoms with Gasteiger partial charge in [-0.15, -0.1) is 5.10 Å². The Balaban J connectivity index is 2.29. The fourth-order valence-corrected chi connectivity index (χ4v) is 1.01. The Hall–Kier alpha value is -2.44. The maximum absolute atomic E-state index is 10.8. The largest absolute Gasteiger partial charge is 0.363 e. The number of hydrogen-bond acceptors (Lipinski definition) is 5. The number of nitrogens with two attached hydrogens (primary N) is 1. The first-order valence-corrected chi connectivity index (χ1v) is 4.16. The molecule has 0 radical (unpaired) electrons. The molecule has 0 spiro atoms. The van der Waals surface area contributed by atoms with Crippen LogP contribution in [0.5, 0.6) is 0 Å². The third-order valence-electron chi connectivity index (χ3n) is 1.67. The van der Waals surface area contributed by atoms with E-state index in [4.69, 9.17) is 5.73 Å². The summed E-state index contributed by atoms with van der Waals surface area (Å²) >= 11 is 0. The number of H-pyrrole nitrogens is 1. The van der Waals surface area contributed by atoms with Gasteiger partial charge in [-0.3, -0.25) is 15.3 Å². The van der Waals surface area contributed by atoms with Gasteiger partial charge in [-0.25, -0.2) is 4.98 Å². The molecule has 1 aliphatic rings. The quantitative estimate of drug-likeness (QED) is 0.590. The predicted molar refractivity (Wildman–Crippen MR) is 52.9 cm³/mol. The second-order valence-electron chi connectivity index (χ2n) is 2.72.